The van der Waals surface area contributed by atoms with Crippen LogP contribution in [0.4, 0.5) is 5.69 Å². The zero-order valence-electron chi connectivity index (χ0n) is 10.0. The summed E-state index contributed by atoms with van der Waals surface area (Å²) in [6.07, 6.45) is 2.56. The van der Waals surface area contributed by atoms with Gasteiger partial charge in [-0.2, -0.15) is 0 Å². The molecule has 2 N–H and O–H groups in total. The van der Waals surface area contributed by atoms with Crippen LogP contribution in [0.2, 0.25) is 0 Å². The van der Waals surface area contributed by atoms with E-state index in [1.165, 1.54) is 19.8 Å². The molecular weight excluding hydrogens is 216 g/mol. The quantitative estimate of drug-likeness (QED) is 0.738. The molecule has 1 aliphatic carbocycles. The summed E-state index contributed by atoms with van der Waals surface area (Å²) in [5, 5.41) is 6.13. The molecule has 1 aliphatic rings. The monoisotopic (exact) mass is 234 g/mol. The Bertz CT molecular complexity index is 389. The molecule has 1 aromatic carbocycles. The summed E-state index contributed by atoms with van der Waals surface area (Å²) in [6, 6.07) is 8.17. The van der Waals surface area contributed by atoms with E-state index in [1.54, 1.807) is 0 Å². The minimum atomic E-state index is -0.0860. The topological polar surface area (TPSA) is 50.4 Å². The summed E-state index contributed by atoms with van der Waals surface area (Å²) in [4.78, 5) is 11.0. The molecule has 0 bridgehead atoms. The van der Waals surface area contributed by atoms with Crippen LogP contribution in [-0.4, -0.2) is 25.1 Å². The molecule has 1 saturated carbocycles. The van der Waals surface area contributed by atoms with E-state index in [0.717, 1.165) is 18.0 Å². The van der Waals surface area contributed by atoms with Gasteiger partial charge in [0.05, 0.1) is 5.69 Å². The summed E-state index contributed by atoms with van der Waals surface area (Å²) in [6.45, 7) is 2.96. The minimum absolute atomic E-state index is 0.0860. The van der Waals surface area contributed by atoms with Crippen molar-refractivity contribution in [2.24, 2.45) is 0 Å². The second kappa shape index (κ2) is 5.68. The number of carbonyl (C=O) groups excluding carboxylic acids is 1. The van der Waals surface area contributed by atoms with Gasteiger partial charge < -0.3 is 15.4 Å². The first-order chi connectivity index (χ1) is 8.25. The minimum Gasteiger partial charge on any atom is -0.490 e. The van der Waals surface area contributed by atoms with Crippen LogP contribution >= 0.6 is 0 Å². The molecule has 0 saturated heterocycles. The van der Waals surface area contributed by atoms with Gasteiger partial charge in [0, 0.05) is 19.5 Å². The van der Waals surface area contributed by atoms with E-state index in [4.69, 9.17) is 4.74 Å². The van der Waals surface area contributed by atoms with Gasteiger partial charge >= 0.3 is 0 Å². The van der Waals surface area contributed by atoms with Crippen LogP contribution in [0.15, 0.2) is 24.3 Å². The standard InChI is InChI=1S/C13H18N2O2/c1-10(16)15-12-4-2-3-5-13(12)17-9-8-14-11-6-7-11/h2-5,11,14H,6-9H2,1H3,(H,15,16). The number of hydrogen-bond acceptors (Lipinski definition) is 3. The average molecular weight is 234 g/mol. The van der Waals surface area contributed by atoms with Gasteiger partial charge in [0.2, 0.25) is 5.91 Å². The van der Waals surface area contributed by atoms with Crippen molar-refractivity contribution in [3.8, 4) is 5.75 Å². The maximum Gasteiger partial charge on any atom is 0.221 e. The van der Waals surface area contributed by atoms with Crippen LogP contribution in [0.25, 0.3) is 0 Å². The molecule has 0 atom stereocenters. The molecule has 0 unspecified atom stereocenters. The zero-order valence-corrected chi connectivity index (χ0v) is 10.0. The Kier molecular flexibility index (Phi) is 3.98. The van der Waals surface area contributed by atoms with Gasteiger partial charge in [0.25, 0.3) is 0 Å². The van der Waals surface area contributed by atoms with Crippen molar-refractivity contribution in [1.82, 2.24) is 5.32 Å². The number of hydrogen-bond donors (Lipinski definition) is 2. The second-order valence-corrected chi connectivity index (χ2v) is 4.25. The molecule has 4 nitrogen and oxygen atoms in total. The Balaban J connectivity index is 1.82. The van der Waals surface area contributed by atoms with Crippen LogP contribution in [0.3, 0.4) is 0 Å². The van der Waals surface area contributed by atoms with Crippen molar-refractivity contribution in [2.75, 3.05) is 18.5 Å². The van der Waals surface area contributed by atoms with Gasteiger partial charge in [-0.3, -0.25) is 4.79 Å². The summed E-state index contributed by atoms with van der Waals surface area (Å²) >= 11 is 0. The molecule has 2 rings (SSSR count). The molecule has 1 amide bonds. The predicted octanol–water partition coefficient (Wildman–Crippen LogP) is 1.78. The van der Waals surface area contributed by atoms with Gasteiger partial charge in [0.1, 0.15) is 12.4 Å². The number of carbonyl (C=O) groups is 1. The Hall–Kier alpha value is -1.55. The molecule has 0 aromatic heterocycles. The zero-order chi connectivity index (χ0) is 12.1. The first-order valence-electron chi connectivity index (χ1n) is 5.98. The highest BCUT2D eigenvalue weighted by atomic mass is 16.5. The molecule has 92 valence electrons. The Labute approximate surface area is 101 Å². The van der Waals surface area contributed by atoms with Crippen molar-refractivity contribution < 1.29 is 9.53 Å². The van der Waals surface area contributed by atoms with Crippen molar-refractivity contribution in [3.05, 3.63) is 24.3 Å². The van der Waals surface area contributed by atoms with E-state index < -0.39 is 0 Å². The lowest BCUT2D eigenvalue weighted by molar-refractivity contribution is -0.114. The van der Waals surface area contributed by atoms with Gasteiger partial charge in [0.15, 0.2) is 0 Å². The molecule has 1 fully saturated rings. The summed E-state index contributed by atoms with van der Waals surface area (Å²) < 4.78 is 5.64. The molecule has 17 heavy (non-hydrogen) atoms. The number of nitrogens with one attached hydrogen (secondary N) is 2. The van der Waals surface area contributed by atoms with Crippen molar-refractivity contribution in [2.45, 2.75) is 25.8 Å². The highest BCUT2D eigenvalue weighted by molar-refractivity contribution is 5.90. The van der Waals surface area contributed by atoms with E-state index in [9.17, 15) is 4.79 Å². The summed E-state index contributed by atoms with van der Waals surface area (Å²) in [7, 11) is 0. The molecule has 0 radical (unpaired) electrons. The fraction of sp³-hybridized carbons (Fsp3) is 0.462. The summed E-state index contributed by atoms with van der Waals surface area (Å²) in [5.74, 6) is 0.637. The SMILES string of the molecule is CC(=O)Nc1ccccc1OCCNC1CC1. The van der Waals surface area contributed by atoms with Crippen LogP contribution in [0, 0.1) is 0 Å². The van der Waals surface area contributed by atoms with Crippen LogP contribution in [0.5, 0.6) is 5.75 Å². The molecule has 0 spiro atoms. The molecule has 0 heterocycles. The number of benzene rings is 1. The number of rotatable bonds is 6. The van der Waals surface area contributed by atoms with Crippen molar-refractivity contribution in [1.29, 1.82) is 0 Å². The van der Waals surface area contributed by atoms with Crippen LogP contribution in [-0.2, 0) is 4.79 Å². The van der Waals surface area contributed by atoms with Gasteiger partial charge in [-0.05, 0) is 25.0 Å². The third-order valence-corrected chi connectivity index (χ3v) is 2.57. The lowest BCUT2D eigenvalue weighted by Crippen LogP contribution is -2.23. The van der Waals surface area contributed by atoms with Gasteiger partial charge in [-0.15, -0.1) is 0 Å². The summed E-state index contributed by atoms with van der Waals surface area (Å²) in [5.41, 5.74) is 0.728. The van der Waals surface area contributed by atoms with Gasteiger partial charge in [-0.1, -0.05) is 12.1 Å². The Morgan fingerprint density at radius 3 is 2.88 bits per heavy atom. The lowest BCUT2D eigenvalue weighted by atomic mass is 10.3. The number of anilines is 1. The fourth-order valence-corrected chi connectivity index (χ4v) is 1.60. The first-order valence-corrected chi connectivity index (χ1v) is 5.98. The Morgan fingerprint density at radius 2 is 2.18 bits per heavy atom. The smallest absolute Gasteiger partial charge is 0.221 e. The number of para-hydroxylation sites is 2. The first kappa shape index (κ1) is 11.9. The van der Waals surface area contributed by atoms with Crippen molar-refractivity contribution >= 4 is 11.6 Å². The van der Waals surface area contributed by atoms with Crippen LogP contribution < -0.4 is 15.4 Å². The molecule has 0 aliphatic heterocycles. The maximum absolute atomic E-state index is 11.0. The second-order valence-electron chi connectivity index (χ2n) is 4.25. The lowest BCUT2D eigenvalue weighted by Gasteiger charge is -2.11. The number of amides is 1. The van der Waals surface area contributed by atoms with E-state index in [1.807, 2.05) is 24.3 Å². The van der Waals surface area contributed by atoms with E-state index >= 15 is 0 Å². The third-order valence-electron chi connectivity index (χ3n) is 2.57. The predicted molar refractivity (Wildman–Crippen MR) is 67.3 cm³/mol. The van der Waals surface area contributed by atoms with E-state index in [2.05, 4.69) is 10.6 Å². The van der Waals surface area contributed by atoms with Crippen molar-refractivity contribution in [3.63, 3.8) is 0 Å². The normalized spacial score (nSPS) is 14.4. The largest absolute Gasteiger partial charge is 0.490 e. The number of ether oxygens (including phenoxy) is 1. The highest BCUT2D eigenvalue weighted by Crippen LogP contribution is 2.23. The molecule has 1 aromatic rings. The molecular formula is C13H18N2O2. The highest BCUT2D eigenvalue weighted by Gasteiger charge is 2.19. The maximum atomic E-state index is 11.0. The average Bonchev–Trinajstić information content (AvgIpc) is 3.09. The van der Waals surface area contributed by atoms with Gasteiger partial charge in [-0.25, -0.2) is 0 Å². The van der Waals surface area contributed by atoms with Crippen LogP contribution in [0.1, 0.15) is 19.8 Å². The Morgan fingerprint density at radius 1 is 1.41 bits per heavy atom. The van der Waals surface area contributed by atoms with E-state index in [0.29, 0.717) is 12.6 Å². The fourth-order valence-electron chi connectivity index (χ4n) is 1.60. The van der Waals surface area contributed by atoms with E-state index in [-0.39, 0.29) is 5.91 Å². The molecule has 4 heteroatoms. The third kappa shape index (κ3) is 4.07.